The first-order valence-electron chi connectivity index (χ1n) is 6.63. The molecular formula is C15H20O3S. The molecule has 1 aromatic rings. The Bertz CT molecular complexity index is 496. The molecule has 0 radical (unpaired) electrons. The molecule has 1 aliphatic carbocycles. The molecule has 2 rings (SSSR count). The molecule has 0 spiro atoms. The van der Waals surface area contributed by atoms with E-state index in [1.54, 1.807) is 6.92 Å². The summed E-state index contributed by atoms with van der Waals surface area (Å²) in [5, 5.41) is 0. The van der Waals surface area contributed by atoms with Crippen LogP contribution < -0.4 is 0 Å². The lowest BCUT2D eigenvalue weighted by Crippen LogP contribution is -2.20. The summed E-state index contributed by atoms with van der Waals surface area (Å²) in [5.74, 6) is 0.292. The predicted molar refractivity (Wildman–Crippen MR) is 76.4 cm³/mol. The van der Waals surface area contributed by atoms with Crippen molar-refractivity contribution in [1.29, 1.82) is 0 Å². The highest BCUT2D eigenvalue weighted by Crippen LogP contribution is 2.23. The van der Waals surface area contributed by atoms with Gasteiger partial charge in [-0.15, -0.1) is 0 Å². The van der Waals surface area contributed by atoms with E-state index in [1.165, 1.54) is 24.7 Å². The monoisotopic (exact) mass is 280 g/mol. The topological polar surface area (TPSA) is 43.4 Å². The molecule has 0 aromatic heterocycles. The average Bonchev–Trinajstić information content (AvgIpc) is 2.84. The maximum atomic E-state index is 12.0. The molecule has 1 aromatic carbocycles. The van der Waals surface area contributed by atoms with Gasteiger partial charge in [-0.2, -0.15) is 0 Å². The molecule has 1 aliphatic rings. The highest BCUT2D eigenvalue weighted by atomic mass is 32.2. The van der Waals surface area contributed by atoms with Crippen LogP contribution in [0, 0.1) is 5.92 Å². The highest BCUT2D eigenvalue weighted by Gasteiger charge is 2.17. The fourth-order valence-corrected chi connectivity index (χ4v) is 3.87. The van der Waals surface area contributed by atoms with Crippen LogP contribution in [0.5, 0.6) is 0 Å². The molecule has 2 atom stereocenters. The van der Waals surface area contributed by atoms with Crippen LogP contribution in [0.1, 0.15) is 30.0 Å². The minimum atomic E-state index is -1.02. The SMILES string of the molecule is COC(=O)C(C)CS(=O)Cc1ccc2c(c1)CCC2. The average molecular weight is 280 g/mol. The van der Waals surface area contributed by atoms with Gasteiger partial charge in [-0.1, -0.05) is 25.1 Å². The lowest BCUT2D eigenvalue weighted by Gasteiger charge is -2.09. The van der Waals surface area contributed by atoms with Crippen molar-refractivity contribution in [1.82, 2.24) is 0 Å². The van der Waals surface area contributed by atoms with Crippen molar-refractivity contribution in [3.05, 3.63) is 34.9 Å². The van der Waals surface area contributed by atoms with Crippen LogP contribution in [0.2, 0.25) is 0 Å². The van der Waals surface area contributed by atoms with Gasteiger partial charge in [0.25, 0.3) is 0 Å². The van der Waals surface area contributed by atoms with E-state index in [2.05, 4.69) is 22.9 Å². The molecule has 0 N–H and O–H groups in total. The standard InChI is InChI=1S/C15H20O3S/c1-11(15(16)18-2)9-19(17)10-12-6-7-13-4-3-5-14(13)8-12/h6-8,11H,3-5,9-10H2,1-2H3. The predicted octanol–water partition coefficient (Wildman–Crippen LogP) is 2.23. The summed E-state index contributed by atoms with van der Waals surface area (Å²) in [5.41, 5.74) is 3.93. The van der Waals surface area contributed by atoms with Crippen LogP contribution in [0.3, 0.4) is 0 Å². The number of hydrogen-bond acceptors (Lipinski definition) is 3. The summed E-state index contributed by atoms with van der Waals surface area (Å²) in [7, 11) is 0.343. The maximum Gasteiger partial charge on any atom is 0.309 e. The fraction of sp³-hybridized carbons (Fsp3) is 0.533. The van der Waals surface area contributed by atoms with Crippen molar-refractivity contribution in [3.63, 3.8) is 0 Å². The molecule has 2 unspecified atom stereocenters. The van der Waals surface area contributed by atoms with Gasteiger partial charge in [0.2, 0.25) is 0 Å². The third kappa shape index (κ3) is 3.66. The molecule has 0 bridgehead atoms. The van der Waals surface area contributed by atoms with Gasteiger partial charge >= 0.3 is 5.97 Å². The summed E-state index contributed by atoms with van der Waals surface area (Å²) in [6.07, 6.45) is 3.52. The van der Waals surface area contributed by atoms with Gasteiger partial charge in [0, 0.05) is 22.3 Å². The van der Waals surface area contributed by atoms with Gasteiger partial charge in [0.1, 0.15) is 0 Å². The highest BCUT2D eigenvalue weighted by molar-refractivity contribution is 7.84. The molecule has 0 heterocycles. The molecule has 4 heteroatoms. The van der Waals surface area contributed by atoms with Crippen LogP contribution in [-0.4, -0.2) is 23.0 Å². The zero-order valence-corrected chi connectivity index (χ0v) is 12.3. The van der Waals surface area contributed by atoms with Crippen LogP contribution in [0.15, 0.2) is 18.2 Å². The van der Waals surface area contributed by atoms with Crippen LogP contribution >= 0.6 is 0 Å². The third-order valence-corrected chi connectivity index (χ3v) is 5.06. The summed E-state index contributed by atoms with van der Waals surface area (Å²) < 4.78 is 16.7. The van der Waals surface area contributed by atoms with Crippen molar-refractivity contribution >= 4 is 16.8 Å². The van der Waals surface area contributed by atoms with E-state index >= 15 is 0 Å². The van der Waals surface area contributed by atoms with E-state index in [-0.39, 0.29) is 11.9 Å². The number of fused-ring (bicyclic) bond motifs is 1. The summed E-state index contributed by atoms with van der Waals surface area (Å²) in [6, 6.07) is 6.38. The van der Waals surface area contributed by atoms with Crippen molar-refractivity contribution in [3.8, 4) is 0 Å². The molecule has 3 nitrogen and oxygen atoms in total. The van der Waals surface area contributed by atoms with E-state index in [9.17, 15) is 9.00 Å². The summed E-state index contributed by atoms with van der Waals surface area (Å²) in [4.78, 5) is 11.3. The lowest BCUT2D eigenvalue weighted by atomic mass is 10.1. The van der Waals surface area contributed by atoms with Crippen molar-refractivity contribution in [2.75, 3.05) is 12.9 Å². The Morgan fingerprint density at radius 3 is 2.84 bits per heavy atom. The Kier molecular flexibility index (Phi) is 4.75. The van der Waals surface area contributed by atoms with E-state index in [0.717, 1.165) is 18.4 Å². The number of rotatable bonds is 5. The molecular weight excluding hydrogens is 260 g/mol. The van der Waals surface area contributed by atoms with E-state index < -0.39 is 10.8 Å². The van der Waals surface area contributed by atoms with Crippen LogP contribution in [-0.2, 0) is 38.9 Å². The smallest absolute Gasteiger partial charge is 0.309 e. The van der Waals surface area contributed by atoms with Gasteiger partial charge in [-0.25, -0.2) is 0 Å². The Labute approximate surface area is 116 Å². The molecule has 19 heavy (non-hydrogen) atoms. The molecule has 104 valence electrons. The third-order valence-electron chi connectivity index (χ3n) is 3.53. The number of ether oxygens (including phenoxy) is 1. The second kappa shape index (κ2) is 6.33. The normalized spacial score (nSPS) is 16.7. The van der Waals surface area contributed by atoms with E-state index in [4.69, 9.17) is 0 Å². The Balaban J connectivity index is 1.94. The quantitative estimate of drug-likeness (QED) is 0.777. The molecule has 0 aliphatic heterocycles. The van der Waals surface area contributed by atoms with Crippen molar-refractivity contribution in [2.45, 2.75) is 31.9 Å². The number of aryl methyl sites for hydroxylation is 2. The molecule has 0 saturated carbocycles. The summed E-state index contributed by atoms with van der Waals surface area (Å²) >= 11 is 0. The van der Waals surface area contributed by atoms with Crippen LogP contribution in [0.4, 0.5) is 0 Å². The Hall–Kier alpha value is -1.16. The van der Waals surface area contributed by atoms with Crippen LogP contribution in [0.25, 0.3) is 0 Å². The fourth-order valence-electron chi connectivity index (χ4n) is 2.51. The van der Waals surface area contributed by atoms with Crippen molar-refractivity contribution in [2.24, 2.45) is 5.92 Å². The maximum absolute atomic E-state index is 12.0. The minimum Gasteiger partial charge on any atom is -0.469 e. The first kappa shape index (κ1) is 14.3. The molecule has 0 amide bonds. The number of carbonyl (C=O) groups is 1. The van der Waals surface area contributed by atoms with Gasteiger partial charge in [-0.3, -0.25) is 9.00 Å². The second-order valence-electron chi connectivity index (χ2n) is 5.13. The van der Waals surface area contributed by atoms with Gasteiger partial charge in [0.15, 0.2) is 0 Å². The number of methoxy groups -OCH3 is 1. The number of esters is 1. The zero-order valence-electron chi connectivity index (χ0n) is 11.5. The van der Waals surface area contributed by atoms with E-state index in [1.807, 2.05) is 0 Å². The lowest BCUT2D eigenvalue weighted by molar-refractivity contribution is -0.144. The number of hydrogen-bond donors (Lipinski definition) is 0. The largest absolute Gasteiger partial charge is 0.469 e. The molecule has 0 fully saturated rings. The second-order valence-corrected chi connectivity index (χ2v) is 6.63. The molecule has 0 saturated heterocycles. The number of carbonyl (C=O) groups excluding carboxylic acids is 1. The Morgan fingerprint density at radius 2 is 2.11 bits per heavy atom. The number of benzene rings is 1. The summed E-state index contributed by atoms with van der Waals surface area (Å²) in [6.45, 7) is 1.76. The van der Waals surface area contributed by atoms with Gasteiger partial charge < -0.3 is 4.74 Å². The first-order chi connectivity index (χ1) is 9.10. The zero-order chi connectivity index (χ0) is 13.8. The van der Waals surface area contributed by atoms with Crippen molar-refractivity contribution < 1.29 is 13.7 Å². The minimum absolute atomic E-state index is 0.290. The first-order valence-corrected chi connectivity index (χ1v) is 8.12. The van der Waals surface area contributed by atoms with Gasteiger partial charge in [0.05, 0.1) is 13.0 Å². The van der Waals surface area contributed by atoms with E-state index in [0.29, 0.717) is 11.5 Å². The Morgan fingerprint density at radius 1 is 1.37 bits per heavy atom. The van der Waals surface area contributed by atoms with Gasteiger partial charge in [-0.05, 0) is 36.0 Å².